The van der Waals surface area contributed by atoms with E-state index in [1.165, 1.54) is 0 Å². The van der Waals surface area contributed by atoms with Gasteiger partial charge >= 0.3 is 0 Å². The van der Waals surface area contributed by atoms with Crippen LogP contribution in [-0.4, -0.2) is 12.6 Å². The Morgan fingerprint density at radius 2 is 2.12 bits per heavy atom. The zero-order valence-electron chi connectivity index (χ0n) is 9.39. The predicted octanol–water partition coefficient (Wildman–Crippen LogP) is 3.88. The van der Waals surface area contributed by atoms with Gasteiger partial charge in [0.1, 0.15) is 12.4 Å². The molecule has 16 heavy (non-hydrogen) atoms. The molecule has 0 fully saturated rings. The Morgan fingerprint density at radius 3 is 2.69 bits per heavy atom. The van der Waals surface area contributed by atoms with Crippen LogP contribution in [0.3, 0.4) is 0 Å². The summed E-state index contributed by atoms with van der Waals surface area (Å²) >= 11 is 11.7. The third kappa shape index (κ3) is 4.33. The lowest BCUT2D eigenvalue weighted by atomic mass is 10.3. The van der Waals surface area contributed by atoms with Crippen molar-refractivity contribution < 1.29 is 4.74 Å². The van der Waals surface area contributed by atoms with Crippen LogP contribution in [0, 0.1) is 0 Å². The van der Waals surface area contributed by atoms with Gasteiger partial charge in [-0.3, -0.25) is 0 Å². The summed E-state index contributed by atoms with van der Waals surface area (Å²) in [5, 5.41) is 4.25. The number of hydrogen-bond donors (Lipinski definition) is 1. The average molecular weight is 260 g/mol. The SMILES string of the molecule is C=C(COc1ccc(Cl)cc1Cl)NC(C)C. The molecular weight excluding hydrogens is 245 g/mol. The third-order valence-electron chi connectivity index (χ3n) is 1.79. The zero-order chi connectivity index (χ0) is 12.1. The van der Waals surface area contributed by atoms with E-state index in [-0.39, 0.29) is 0 Å². The molecule has 0 spiro atoms. The summed E-state index contributed by atoms with van der Waals surface area (Å²) in [6.45, 7) is 8.32. The zero-order valence-corrected chi connectivity index (χ0v) is 10.9. The normalized spacial score (nSPS) is 10.3. The minimum atomic E-state index is 0.344. The van der Waals surface area contributed by atoms with Crippen LogP contribution in [0.25, 0.3) is 0 Å². The van der Waals surface area contributed by atoms with Crippen LogP contribution in [0.15, 0.2) is 30.5 Å². The Labute approximate surface area is 106 Å². The van der Waals surface area contributed by atoms with Gasteiger partial charge in [0.2, 0.25) is 0 Å². The maximum absolute atomic E-state index is 5.96. The van der Waals surface area contributed by atoms with Crippen molar-refractivity contribution in [2.24, 2.45) is 0 Å². The molecule has 0 atom stereocenters. The van der Waals surface area contributed by atoms with Gasteiger partial charge in [-0.25, -0.2) is 0 Å². The molecule has 0 heterocycles. The average Bonchev–Trinajstić information content (AvgIpc) is 2.15. The molecule has 1 aromatic rings. The van der Waals surface area contributed by atoms with Crippen LogP contribution in [0.5, 0.6) is 5.75 Å². The van der Waals surface area contributed by atoms with Gasteiger partial charge in [-0.05, 0) is 32.0 Å². The first kappa shape index (κ1) is 13.2. The molecular formula is C12H15Cl2NO. The van der Waals surface area contributed by atoms with E-state index in [0.717, 1.165) is 5.70 Å². The first-order valence-corrected chi connectivity index (χ1v) is 5.77. The van der Waals surface area contributed by atoms with E-state index in [0.29, 0.717) is 28.4 Å². The molecule has 0 aliphatic carbocycles. The fourth-order valence-corrected chi connectivity index (χ4v) is 1.67. The van der Waals surface area contributed by atoms with Crippen LogP contribution >= 0.6 is 23.2 Å². The number of benzene rings is 1. The lowest BCUT2D eigenvalue weighted by Crippen LogP contribution is -2.24. The van der Waals surface area contributed by atoms with Gasteiger partial charge in [-0.2, -0.15) is 0 Å². The van der Waals surface area contributed by atoms with Gasteiger partial charge in [-0.15, -0.1) is 0 Å². The van der Waals surface area contributed by atoms with E-state index in [4.69, 9.17) is 27.9 Å². The van der Waals surface area contributed by atoms with E-state index >= 15 is 0 Å². The topological polar surface area (TPSA) is 21.3 Å². The predicted molar refractivity (Wildman–Crippen MR) is 69.4 cm³/mol. The summed E-state index contributed by atoms with van der Waals surface area (Å²) in [7, 11) is 0. The molecule has 0 radical (unpaired) electrons. The van der Waals surface area contributed by atoms with Gasteiger partial charge in [0, 0.05) is 16.8 Å². The van der Waals surface area contributed by atoms with Crippen molar-refractivity contribution in [2.45, 2.75) is 19.9 Å². The summed E-state index contributed by atoms with van der Waals surface area (Å²) in [6.07, 6.45) is 0. The standard InChI is InChI=1S/C12H15Cl2NO/c1-8(2)15-9(3)7-16-12-5-4-10(13)6-11(12)14/h4-6,8,15H,3,7H2,1-2H3. The fraction of sp³-hybridized carbons (Fsp3) is 0.333. The molecule has 4 heteroatoms. The lowest BCUT2D eigenvalue weighted by molar-refractivity contribution is 0.340. The van der Waals surface area contributed by atoms with Crippen molar-refractivity contribution >= 4 is 23.2 Å². The first-order chi connectivity index (χ1) is 7.49. The number of nitrogens with one attached hydrogen (secondary N) is 1. The van der Waals surface area contributed by atoms with Crippen LogP contribution in [0.2, 0.25) is 10.0 Å². The number of halogens is 2. The minimum Gasteiger partial charge on any atom is -0.486 e. The van der Waals surface area contributed by atoms with Crippen LogP contribution in [-0.2, 0) is 0 Å². The maximum Gasteiger partial charge on any atom is 0.138 e. The highest BCUT2D eigenvalue weighted by Crippen LogP contribution is 2.27. The Kier molecular flexibility index (Phi) is 4.97. The molecule has 0 amide bonds. The fourth-order valence-electron chi connectivity index (χ4n) is 1.21. The summed E-state index contributed by atoms with van der Waals surface area (Å²) < 4.78 is 5.50. The van der Waals surface area contributed by atoms with Crippen LogP contribution in [0.1, 0.15) is 13.8 Å². The van der Waals surface area contributed by atoms with Crippen molar-refractivity contribution in [1.29, 1.82) is 0 Å². The molecule has 1 N–H and O–H groups in total. The van der Waals surface area contributed by atoms with Crippen LogP contribution in [0.4, 0.5) is 0 Å². The van der Waals surface area contributed by atoms with Crippen molar-refractivity contribution in [3.8, 4) is 5.75 Å². The molecule has 0 aliphatic heterocycles. The van der Waals surface area contributed by atoms with Crippen molar-refractivity contribution in [3.05, 3.63) is 40.5 Å². The molecule has 0 saturated carbocycles. The molecule has 88 valence electrons. The Morgan fingerprint density at radius 1 is 1.44 bits per heavy atom. The number of hydrogen-bond acceptors (Lipinski definition) is 2. The molecule has 0 aliphatic rings. The second-order valence-electron chi connectivity index (χ2n) is 3.77. The van der Waals surface area contributed by atoms with Gasteiger partial charge < -0.3 is 10.1 Å². The molecule has 0 unspecified atom stereocenters. The van der Waals surface area contributed by atoms with Crippen molar-refractivity contribution in [2.75, 3.05) is 6.61 Å². The second-order valence-corrected chi connectivity index (χ2v) is 4.61. The smallest absolute Gasteiger partial charge is 0.138 e. The molecule has 2 nitrogen and oxygen atoms in total. The Balaban J connectivity index is 2.51. The summed E-state index contributed by atoms with van der Waals surface area (Å²) in [5.41, 5.74) is 0.820. The molecule has 1 aromatic carbocycles. The van der Waals surface area contributed by atoms with E-state index in [2.05, 4.69) is 11.9 Å². The van der Waals surface area contributed by atoms with E-state index < -0.39 is 0 Å². The van der Waals surface area contributed by atoms with Crippen LogP contribution < -0.4 is 10.1 Å². The lowest BCUT2D eigenvalue weighted by Gasteiger charge is -2.14. The van der Waals surface area contributed by atoms with Crippen molar-refractivity contribution in [3.63, 3.8) is 0 Å². The number of rotatable bonds is 5. The Hall–Kier alpha value is -0.860. The highest BCUT2D eigenvalue weighted by atomic mass is 35.5. The van der Waals surface area contributed by atoms with Gasteiger partial charge in [0.25, 0.3) is 0 Å². The largest absolute Gasteiger partial charge is 0.486 e. The highest BCUT2D eigenvalue weighted by molar-refractivity contribution is 6.35. The van der Waals surface area contributed by atoms with E-state index in [1.54, 1.807) is 18.2 Å². The molecule has 1 rings (SSSR count). The Bertz CT molecular complexity index is 377. The molecule has 0 aromatic heterocycles. The number of ether oxygens (including phenoxy) is 1. The van der Waals surface area contributed by atoms with E-state index in [1.807, 2.05) is 13.8 Å². The first-order valence-electron chi connectivity index (χ1n) is 5.01. The van der Waals surface area contributed by atoms with Crippen molar-refractivity contribution in [1.82, 2.24) is 5.32 Å². The summed E-state index contributed by atoms with van der Waals surface area (Å²) in [4.78, 5) is 0. The van der Waals surface area contributed by atoms with Gasteiger partial charge in [0.05, 0.1) is 5.02 Å². The highest BCUT2D eigenvalue weighted by Gasteiger charge is 2.03. The van der Waals surface area contributed by atoms with Gasteiger partial charge in [-0.1, -0.05) is 29.8 Å². The summed E-state index contributed by atoms with van der Waals surface area (Å²) in [6, 6.07) is 5.48. The second kappa shape index (κ2) is 6.02. The maximum atomic E-state index is 5.96. The van der Waals surface area contributed by atoms with E-state index in [9.17, 15) is 0 Å². The third-order valence-corrected chi connectivity index (χ3v) is 2.32. The molecule has 0 bridgehead atoms. The summed E-state index contributed by atoms with van der Waals surface area (Å²) in [5.74, 6) is 0.609. The monoisotopic (exact) mass is 259 g/mol. The minimum absolute atomic E-state index is 0.344. The quantitative estimate of drug-likeness (QED) is 0.867. The molecule has 0 saturated heterocycles. The van der Waals surface area contributed by atoms with Gasteiger partial charge in [0.15, 0.2) is 0 Å².